The van der Waals surface area contributed by atoms with E-state index in [-0.39, 0.29) is 11.7 Å². The van der Waals surface area contributed by atoms with E-state index in [0.717, 1.165) is 46.8 Å². The summed E-state index contributed by atoms with van der Waals surface area (Å²) in [7, 11) is 0. The first-order valence-electron chi connectivity index (χ1n) is 11.3. The van der Waals surface area contributed by atoms with E-state index in [0.29, 0.717) is 17.8 Å². The summed E-state index contributed by atoms with van der Waals surface area (Å²) in [6, 6.07) is 14.0. The third kappa shape index (κ3) is 5.66. The van der Waals surface area contributed by atoms with Gasteiger partial charge in [-0.3, -0.25) is 9.36 Å². The minimum Gasteiger partial charge on any atom is -0.490 e. The van der Waals surface area contributed by atoms with E-state index >= 15 is 0 Å². The second kappa shape index (κ2) is 10.7. The van der Waals surface area contributed by atoms with E-state index in [9.17, 15) is 4.79 Å². The first-order chi connectivity index (χ1) is 16.0. The molecule has 1 saturated carbocycles. The highest BCUT2D eigenvalue weighted by Gasteiger charge is 2.18. The number of carbonyl (C=O) groups is 1. The standard InChI is InChI=1S/C26H30N4O2S/c1-4-16-30-25(20-12-14-22(15-13-20)32-21-10-5-6-11-21)28-29-26(30)33-17-23(31)27-24-18(2)8-7-9-19(24)3/h4,7-9,12-15,21H,1,5-6,10-11,16-17H2,2-3H3,(H,27,31). The molecule has 0 bridgehead atoms. The number of allylic oxidation sites excluding steroid dienone is 1. The highest BCUT2D eigenvalue weighted by Crippen LogP contribution is 2.28. The fraction of sp³-hybridized carbons (Fsp3) is 0.346. The minimum atomic E-state index is -0.0690. The lowest BCUT2D eigenvalue weighted by Crippen LogP contribution is -2.16. The zero-order valence-corrected chi connectivity index (χ0v) is 20.0. The largest absolute Gasteiger partial charge is 0.490 e. The lowest BCUT2D eigenvalue weighted by molar-refractivity contribution is -0.113. The number of nitrogens with one attached hydrogen (secondary N) is 1. The molecular weight excluding hydrogens is 432 g/mol. The van der Waals surface area contributed by atoms with Gasteiger partial charge in [-0.15, -0.1) is 16.8 Å². The van der Waals surface area contributed by atoms with Crippen molar-refractivity contribution in [1.82, 2.24) is 14.8 Å². The zero-order valence-electron chi connectivity index (χ0n) is 19.2. The Morgan fingerprint density at radius 1 is 1.15 bits per heavy atom. The summed E-state index contributed by atoms with van der Waals surface area (Å²) >= 11 is 1.37. The Kier molecular flexibility index (Phi) is 7.50. The summed E-state index contributed by atoms with van der Waals surface area (Å²) < 4.78 is 8.05. The summed E-state index contributed by atoms with van der Waals surface area (Å²) in [6.07, 6.45) is 6.90. The second-order valence-corrected chi connectivity index (χ2v) is 9.30. The minimum absolute atomic E-state index is 0.0690. The molecule has 6 nitrogen and oxygen atoms in total. The Bertz CT molecular complexity index is 1100. The maximum Gasteiger partial charge on any atom is 0.234 e. The quantitative estimate of drug-likeness (QED) is 0.321. The van der Waals surface area contributed by atoms with Crippen LogP contribution in [-0.2, 0) is 11.3 Å². The van der Waals surface area contributed by atoms with Gasteiger partial charge in [-0.2, -0.15) is 0 Å². The van der Waals surface area contributed by atoms with Gasteiger partial charge in [-0.1, -0.05) is 36.0 Å². The van der Waals surface area contributed by atoms with Crippen molar-refractivity contribution >= 4 is 23.4 Å². The van der Waals surface area contributed by atoms with Gasteiger partial charge in [0.05, 0.1) is 11.9 Å². The monoisotopic (exact) mass is 462 g/mol. The predicted octanol–water partition coefficient (Wildman–Crippen LogP) is 5.80. The molecule has 0 unspecified atom stereocenters. The smallest absolute Gasteiger partial charge is 0.234 e. The van der Waals surface area contributed by atoms with Gasteiger partial charge < -0.3 is 10.1 Å². The molecule has 3 aromatic rings. The van der Waals surface area contributed by atoms with Gasteiger partial charge in [-0.05, 0) is 74.9 Å². The number of amides is 1. The van der Waals surface area contributed by atoms with Crippen LogP contribution < -0.4 is 10.1 Å². The zero-order chi connectivity index (χ0) is 23.2. The summed E-state index contributed by atoms with van der Waals surface area (Å²) in [5, 5.41) is 12.5. The van der Waals surface area contributed by atoms with Gasteiger partial charge in [0.25, 0.3) is 0 Å². The number of carbonyl (C=O) groups excluding carboxylic acids is 1. The van der Waals surface area contributed by atoms with E-state index < -0.39 is 0 Å². The predicted molar refractivity (Wildman–Crippen MR) is 134 cm³/mol. The molecule has 1 aromatic heterocycles. The first-order valence-corrected chi connectivity index (χ1v) is 12.3. The van der Waals surface area contributed by atoms with Crippen molar-refractivity contribution in [1.29, 1.82) is 0 Å². The molecule has 1 aliphatic carbocycles. The van der Waals surface area contributed by atoms with Crippen LogP contribution in [0.3, 0.4) is 0 Å². The van der Waals surface area contributed by atoms with Gasteiger partial charge in [0.2, 0.25) is 5.91 Å². The van der Waals surface area contributed by atoms with Crippen molar-refractivity contribution in [3.8, 4) is 17.1 Å². The van der Waals surface area contributed by atoms with E-state index in [1.165, 1.54) is 24.6 Å². The van der Waals surface area contributed by atoms with E-state index in [2.05, 4.69) is 22.1 Å². The molecule has 1 amide bonds. The van der Waals surface area contributed by atoms with Crippen molar-refractivity contribution < 1.29 is 9.53 Å². The van der Waals surface area contributed by atoms with Gasteiger partial charge >= 0.3 is 0 Å². The number of rotatable bonds is 9. The van der Waals surface area contributed by atoms with Crippen molar-refractivity contribution in [2.45, 2.75) is 57.3 Å². The first kappa shape index (κ1) is 23.1. The Morgan fingerprint density at radius 2 is 1.85 bits per heavy atom. The molecule has 1 N–H and O–H groups in total. The Labute approximate surface area is 199 Å². The van der Waals surface area contributed by atoms with Crippen molar-refractivity contribution in [3.63, 3.8) is 0 Å². The number of ether oxygens (including phenoxy) is 1. The van der Waals surface area contributed by atoms with Crippen LogP contribution in [0.1, 0.15) is 36.8 Å². The number of benzene rings is 2. The van der Waals surface area contributed by atoms with E-state index in [1.807, 2.05) is 67.0 Å². The number of para-hydroxylation sites is 1. The fourth-order valence-electron chi connectivity index (χ4n) is 4.10. The molecule has 0 aliphatic heterocycles. The molecule has 0 saturated heterocycles. The van der Waals surface area contributed by atoms with E-state index in [4.69, 9.17) is 4.74 Å². The number of nitrogens with zero attached hydrogens (tertiary/aromatic N) is 3. The van der Waals surface area contributed by atoms with Crippen molar-refractivity contribution in [3.05, 3.63) is 66.2 Å². The average molecular weight is 463 g/mol. The lowest BCUT2D eigenvalue weighted by Gasteiger charge is -2.13. The molecule has 7 heteroatoms. The SMILES string of the molecule is C=CCn1c(SCC(=O)Nc2c(C)cccc2C)nnc1-c1ccc(OC2CCCC2)cc1. The Balaban J connectivity index is 1.44. The fourth-order valence-corrected chi connectivity index (χ4v) is 4.85. The molecule has 0 atom stereocenters. The van der Waals surface area contributed by atoms with Crippen LogP contribution in [0.4, 0.5) is 5.69 Å². The van der Waals surface area contributed by atoms with Gasteiger partial charge in [0.15, 0.2) is 11.0 Å². The molecule has 1 aliphatic rings. The van der Waals surface area contributed by atoms with Crippen molar-refractivity contribution in [2.24, 2.45) is 0 Å². The van der Waals surface area contributed by atoms with Gasteiger partial charge in [0, 0.05) is 17.8 Å². The number of hydrogen-bond acceptors (Lipinski definition) is 5. The highest BCUT2D eigenvalue weighted by atomic mass is 32.2. The van der Waals surface area contributed by atoms with Gasteiger partial charge in [0.1, 0.15) is 5.75 Å². The molecule has 1 heterocycles. The molecule has 0 radical (unpaired) electrons. The Morgan fingerprint density at radius 3 is 2.52 bits per heavy atom. The van der Waals surface area contributed by atoms with Crippen LogP contribution in [0.5, 0.6) is 5.75 Å². The lowest BCUT2D eigenvalue weighted by atomic mass is 10.1. The highest BCUT2D eigenvalue weighted by molar-refractivity contribution is 7.99. The summed E-state index contributed by atoms with van der Waals surface area (Å²) in [6.45, 7) is 8.41. The van der Waals surface area contributed by atoms with Crippen LogP contribution in [0.15, 0.2) is 60.3 Å². The third-order valence-corrected chi connectivity index (χ3v) is 6.79. The van der Waals surface area contributed by atoms with Crippen LogP contribution in [0, 0.1) is 13.8 Å². The molecule has 172 valence electrons. The number of hydrogen-bond donors (Lipinski definition) is 1. The molecular formula is C26H30N4O2S. The van der Waals surface area contributed by atoms with Crippen LogP contribution in [-0.4, -0.2) is 32.5 Å². The molecule has 2 aromatic carbocycles. The maximum absolute atomic E-state index is 12.6. The summed E-state index contributed by atoms with van der Waals surface area (Å²) in [5.74, 6) is 1.82. The number of thioether (sulfide) groups is 1. The van der Waals surface area contributed by atoms with Crippen molar-refractivity contribution in [2.75, 3.05) is 11.1 Å². The topological polar surface area (TPSA) is 69.0 Å². The van der Waals surface area contributed by atoms with Gasteiger partial charge in [-0.25, -0.2) is 0 Å². The molecule has 1 fully saturated rings. The molecule has 4 rings (SSSR count). The molecule has 33 heavy (non-hydrogen) atoms. The number of anilines is 1. The normalized spacial score (nSPS) is 13.8. The Hall–Kier alpha value is -3.06. The third-order valence-electron chi connectivity index (χ3n) is 5.82. The summed E-state index contributed by atoms with van der Waals surface area (Å²) in [5.41, 5.74) is 3.92. The van der Waals surface area contributed by atoms with Crippen LogP contribution >= 0.6 is 11.8 Å². The number of aryl methyl sites for hydroxylation is 2. The summed E-state index contributed by atoms with van der Waals surface area (Å²) in [4.78, 5) is 12.6. The second-order valence-electron chi connectivity index (χ2n) is 8.36. The maximum atomic E-state index is 12.6. The van der Waals surface area contributed by atoms with Crippen LogP contribution in [0.25, 0.3) is 11.4 Å². The van der Waals surface area contributed by atoms with E-state index in [1.54, 1.807) is 0 Å². The average Bonchev–Trinajstić information content (AvgIpc) is 3.46. The number of aromatic nitrogens is 3. The molecule has 0 spiro atoms. The van der Waals surface area contributed by atoms with Crippen LogP contribution in [0.2, 0.25) is 0 Å².